The van der Waals surface area contributed by atoms with Crippen LogP contribution in [-0.2, 0) is 14.3 Å². The third kappa shape index (κ3) is 4.57. The summed E-state index contributed by atoms with van der Waals surface area (Å²) in [5.74, 6) is -0.720. The molecule has 0 bridgehead atoms. The van der Waals surface area contributed by atoms with Gasteiger partial charge in [0.25, 0.3) is 0 Å². The Labute approximate surface area is 166 Å². The van der Waals surface area contributed by atoms with Crippen LogP contribution in [0.25, 0.3) is 0 Å². The average Bonchev–Trinajstić information content (AvgIpc) is 3.26. The molecular formula is C20H20N2O7. The molecule has 1 aliphatic heterocycles. The quantitative estimate of drug-likeness (QED) is 0.685. The molecule has 0 saturated heterocycles. The molecule has 1 aromatic carbocycles. The second-order valence-electron chi connectivity index (χ2n) is 5.97. The zero-order valence-corrected chi connectivity index (χ0v) is 15.9. The first kappa shape index (κ1) is 20.0. The molecule has 1 unspecified atom stereocenters. The van der Waals surface area contributed by atoms with Crippen molar-refractivity contribution in [3.63, 3.8) is 0 Å². The lowest BCUT2D eigenvalue weighted by molar-refractivity contribution is -0.139. The Morgan fingerprint density at radius 3 is 2.48 bits per heavy atom. The van der Waals surface area contributed by atoms with Gasteiger partial charge in [-0.2, -0.15) is 0 Å². The normalized spacial score (nSPS) is 15.9. The van der Waals surface area contributed by atoms with Gasteiger partial charge in [-0.1, -0.05) is 12.1 Å². The van der Waals surface area contributed by atoms with Crippen molar-refractivity contribution >= 4 is 18.0 Å². The van der Waals surface area contributed by atoms with E-state index in [1.807, 2.05) is 0 Å². The van der Waals surface area contributed by atoms with Crippen molar-refractivity contribution in [2.75, 3.05) is 20.3 Å². The van der Waals surface area contributed by atoms with E-state index >= 15 is 0 Å². The van der Waals surface area contributed by atoms with E-state index in [0.29, 0.717) is 11.3 Å². The lowest BCUT2D eigenvalue weighted by atomic mass is 9.95. The van der Waals surface area contributed by atoms with E-state index in [4.69, 9.17) is 18.6 Å². The van der Waals surface area contributed by atoms with Gasteiger partial charge in [0.1, 0.15) is 12.4 Å². The largest absolute Gasteiger partial charge is 0.497 e. The molecule has 3 rings (SSSR count). The molecular weight excluding hydrogens is 380 g/mol. The van der Waals surface area contributed by atoms with E-state index in [1.165, 1.54) is 19.4 Å². The molecule has 2 heterocycles. The van der Waals surface area contributed by atoms with Gasteiger partial charge in [0, 0.05) is 0 Å². The van der Waals surface area contributed by atoms with Gasteiger partial charge in [0.05, 0.1) is 37.3 Å². The van der Waals surface area contributed by atoms with Crippen molar-refractivity contribution in [1.82, 2.24) is 10.6 Å². The van der Waals surface area contributed by atoms with E-state index in [9.17, 15) is 14.4 Å². The topological polar surface area (TPSA) is 116 Å². The van der Waals surface area contributed by atoms with Crippen molar-refractivity contribution < 1.29 is 33.0 Å². The number of hydrogen-bond acceptors (Lipinski definition) is 7. The van der Waals surface area contributed by atoms with E-state index in [2.05, 4.69) is 10.6 Å². The molecule has 0 radical (unpaired) electrons. The van der Waals surface area contributed by atoms with E-state index in [-0.39, 0.29) is 30.2 Å². The summed E-state index contributed by atoms with van der Waals surface area (Å²) in [7, 11) is 1.54. The minimum Gasteiger partial charge on any atom is -0.497 e. The first-order chi connectivity index (χ1) is 14.0. The van der Waals surface area contributed by atoms with Gasteiger partial charge in [0.15, 0.2) is 0 Å². The Morgan fingerprint density at radius 2 is 1.86 bits per heavy atom. The van der Waals surface area contributed by atoms with Gasteiger partial charge in [-0.25, -0.2) is 14.4 Å². The highest BCUT2D eigenvalue weighted by atomic mass is 16.5. The summed E-state index contributed by atoms with van der Waals surface area (Å²) in [4.78, 5) is 36.9. The number of nitrogens with one attached hydrogen (secondary N) is 2. The van der Waals surface area contributed by atoms with Crippen LogP contribution in [0.3, 0.4) is 0 Å². The fourth-order valence-electron chi connectivity index (χ4n) is 2.83. The standard InChI is InChI=1S/C20H20N2O7/c1-3-27-19(24)16-14(11-29-18(23)15-5-4-10-28-15)21-20(25)22-17(16)12-6-8-13(26-2)9-7-12/h4-10,17H,3,11H2,1-2H3,(H2,21,22,25). The van der Waals surface area contributed by atoms with Crippen molar-refractivity contribution in [3.8, 4) is 5.75 Å². The van der Waals surface area contributed by atoms with Crippen LogP contribution in [0.15, 0.2) is 58.3 Å². The van der Waals surface area contributed by atoms with E-state index in [1.54, 1.807) is 37.3 Å². The molecule has 9 heteroatoms. The Hall–Kier alpha value is -3.75. The molecule has 29 heavy (non-hydrogen) atoms. The highest BCUT2D eigenvalue weighted by Crippen LogP contribution is 2.29. The van der Waals surface area contributed by atoms with Crippen molar-refractivity contribution in [2.24, 2.45) is 0 Å². The highest BCUT2D eigenvalue weighted by molar-refractivity contribution is 5.95. The molecule has 2 N–H and O–H groups in total. The van der Waals surface area contributed by atoms with Crippen LogP contribution in [0.4, 0.5) is 4.79 Å². The van der Waals surface area contributed by atoms with Gasteiger partial charge >= 0.3 is 18.0 Å². The number of hydrogen-bond donors (Lipinski definition) is 2. The fourth-order valence-corrected chi connectivity index (χ4v) is 2.83. The number of urea groups is 1. The molecule has 9 nitrogen and oxygen atoms in total. The maximum atomic E-state index is 12.6. The summed E-state index contributed by atoms with van der Waals surface area (Å²) in [6.45, 7) is 1.48. The summed E-state index contributed by atoms with van der Waals surface area (Å²) in [5.41, 5.74) is 0.912. The highest BCUT2D eigenvalue weighted by Gasteiger charge is 2.34. The minimum atomic E-state index is -0.786. The number of furan rings is 1. The Kier molecular flexibility index (Phi) is 6.18. The third-order valence-electron chi connectivity index (χ3n) is 4.17. The molecule has 1 aliphatic rings. The number of rotatable bonds is 7. The van der Waals surface area contributed by atoms with Crippen LogP contribution in [0.2, 0.25) is 0 Å². The molecule has 2 amide bonds. The number of amides is 2. The third-order valence-corrected chi connectivity index (χ3v) is 4.17. The number of esters is 2. The molecule has 2 aromatic rings. The van der Waals surface area contributed by atoms with Crippen LogP contribution in [0, 0.1) is 0 Å². The van der Waals surface area contributed by atoms with Gasteiger partial charge < -0.3 is 29.3 Å². The maximum absolute atomic E-state index is 12.6. The van der Waals surface area contributed by atoms with Crippen LogP contribution < -0.4 is 15.4 Å². The van der Waals surface area contributed by atoms with Gasteiger partial charge in [-0.3, -0.25) is 0 Å². The average molecular weight is 400 g/mol. The number of benzene rings is 1. The van der Waals surface area contributed by atoms with Crippen molar-refractivity contribution in [3.05, 3.63) is 65.3 Å². The SMILES string of the molecule is CCOC(=O)C1=C(COC(=O)c2ccco2)NC(=O)NC1c1ccc(OC)cc1. The van der Waals surface area contributed by atoms with Crippen molar-refractivity contribution in [1.29, 1.82) is 0 Å². The number of carbonyl (C=O) groups is 3. The minimum absolute atomic E-state index is 0.00949. The van der Waals surface area contributed by atoms with E-state index < -0.39 is 24.0 Å². The molecule has 0 saturated carbocycles. The Morgan fingerprint density at radius 1 is 1.10 bits per heavy atom. The van der Waals surface area contributed by atoms with Crippen LogP contribution in [0.1, 0.15) is 29.1 Å². The Balaban J connectivity index is 1.92. The van der Waals surface area contributed by atoms with Gasteiger partial charge in [0.2, 0.25) is 5.76 Å². The number of carbonyl (C=O) groups excluding carboxylic acids is 3. The predicted octanol–water partition coefficient (Wildman–Crippen LogP) is 2.32. The molecule has 0 fully saturated rings. The van der Waals surface area contributed by atoms with Crippen LogP contribution in [-0.4, -0.2) is 38.3 Å². The van der Waals surface area contributed by atoms with Crippen LogP contribution >= 0.6 is 0 Å². The Bertz CT molecular complexity index is 917. The second-order valence-corrected chi connectivity index (χ2v) is 5.97. The lowest BCUT2D eigenvalue weighted by Gasteiger charge is -2.29. The molecule has 1 aromatic heterocycles. The number of ether oxygens (including phenoxy) is 3. The smallest absolute Gasteiger partial charge is 0.374 e. The second kappa shape index (κ2) is 8.96. The summed E-state index contributed by atoms with van der Waals surface area (Å²) < 4.78 is 20.5. The first-order valence-electron chi connectivity index (χ1n) is 8.85. The summed E-state index contributed by atoms with van der Waals surface area (Å²) >= 11 is 0. The van der Waals surface area contributed by atoms with Crippen LogP contribution in [0.5, 0.6) is 5.75 Å². The predicted molar refractivity (Wildman–Crippen MR) is 100 cm³/mol. The lowest BCUT2D eigenvalue weighted by Crippen LogP contribution is -2.47. The first-order valence-corrected chi connectivity index (χ1v) is 8.85. The number of methoxy groups -OCH3 is 1. The molecule has 0 spiro atoms. The zero-order chi connectivity index (χ0) is 20.8. The van der Waals surface area contributed by atoms with Gasteiger partial charge in [-0.15, -0.1) is 0 Å². The monoisotopic (exact) mass is 400 g/mol. The molecule has 1 atom stereocenters. The fraction of sp³-hybridized carbons (Fsp3) is 0.250. The van der Waals surface area contributed by atoms with Gasteiger partial charge in [-0.05, 0) is 36.8 Å². The summed E-state index contributed by atoms with van der Waals surface area (Å²) in [6, 6.07) is 8.54. The molecule has 152 valence electrons. The molecule has 0 aliphatic carbocycles. The summed E-state index contributed by atoms with van der Waals surface area (Å²) in [6.07, 6.45) is 1.34. The maximum Gasteiger partial charge on any atom is 0.374 e. The van der Waals surface area contributed by atoms with E-state index in [0.717, 1.165) is 0 Å². The van der Waals surface area contributed by atoms with Crippen molar-refractivity contribution in [2.45, 2.75) is 13.0 Å². The summed E-state index contributed by atoms with van der Waals surface area (Å²) in [5, 5.41) is 5.22. The zero-order valence-electron chi connectivity index (χ0n) is 15.9.